The molecule has 2 aromatic rings. The average molecular weight is 285 g/mol. The highest BCUT2D eigenvalue weighted by Gasteiger charge is 2.38. The van der Waals surface area contributed by atoms with Gasteiger partial charge in [0.25, 0.3) is 5.56 Å². The number of hydrogen-bond donors (Lipinski definition) is 0. The van der Waals surface area contributed by atoms with Crippen LogP contribution in [-0.2, 0) is 6.54 Å². The Labute approximate surface area is 123 Å². The molecule has 5 heteroatoms. The van der Waals surface area contributed by atoms with Crippen molar-refractivity contribution in [1.82, 2.24) is 14.5 Å². The zero-order valence-electron chi connectivity index (χ0n) is 12.4. The highest BCUT2D eigenvalue weighted by Crippen LogP contribution is 2.37. The van der Waals surface area contributed by atoms with E-state index in [-0.39, 0.29) is 5.56 Å². The topological polar surface area (TPSA) is 47.4 Å². The zero-order valence-corrected chi connectivity index (χ0v) is 12.4. The first-order valence-corrected chi connectivity index (χ1v) is 7.48. The van der Waals surface area contributed by atoms with E-state index in [1.165, 1.54) is 0 Å². The quantitative estimate of drug-likeness (QED) is 0.798. The zero-order chi connectivity index (χ0) is 14.6. The molecule has 2 aliphatic rings. The minimum atomic E-state index is 0.0712. The molecule has 4 rings (SSSR count). The van der Waals surface area contributed by atoms with Gasteiger partial charge < -0.3 is 9.64 Å². The van der Waals surface area contributed by atoms with Gasteiger partial charge >= 0.3 is 0 Å². The number of nitrogens with zero attached hydrogens (tertiary/aromatic N) is 3. The second-order valence-corrected chi connectivity index (χ2v) is 6.02. The number of hydrogen-bond acceptors (Lipinski definition) is 4. The fourth-order valence-electron chi connectivity index (χ4n) is 3.89. The first kappa shape index (κ1) is 12.8. The van der Waals surface area contributed by atoms with Crippen molar-refractivity contribution in [1.29, 1.82) is 0 Å². The van der Waals surface area contributed by atoms with Crippen LogP contribution >= 0.6 is 0 Å². The third kappa shape index (κ3) is 1.73. The third-order valence-electron chi connectivity index (χ3n) is 5.00. The lowest BCUT2D eigenvalue weighted by Gasteiger charge is -2.31. The van der Waals surface area contributed by atoms with Crippen molar-refractivity contribution in [2.24, 2.45) is 0 Å². The van der Waals surface area contributed by atoms with Crippen LogP contribution in [-0.4, -0.2) is 41.2 Å². The normalized spacial score (nSPS) is 24.9. The second kappa shape index (κ2) is 4.56. The van der Waals surface area contributed by atoms with Crippen LogP contribution in [0.25, 0.3) is 10.9 Å². The lowest BCUT2D eigenvalue weighted by atomic mass is 9.93. The summed E-state index contributed by atoms with van der Waals surface area (Å²) in [5, 5.41) is 0.655. The van der Waals surface area contributed by atoms with Gasteiger partial charge in [0.05, 0.1) is 12.5 Å². The summed E-state index contributed by atoms with van der Waals surface area (Å²) in [6, 6.07) is 6.08. The molecule has 1 saturated heterocycles. The molecule has 2 atom stereocenters. The average Bonchev–Trinajstić information content (AvgIpc) is 2.89. The predicted octanol–water partition coefficient (Wildman–Crippen LogP) is 1.60. The van der Waals surface area contributed by atoms with Gasteiger partial charge in [-0.3, -0.25) is 9.36 Å². The molecule has 110 valence electrons. The number of ether oxygens (including phenoxy) is 1. The van der Waals surface area contributed by atoms with E-state index in [4.69, 9.17) is 9.72 Å². The van der Waals surface area contributed by atoms with Gasteiger partial charge in [-0.2, -0.15) is 0 Å². The highest BCUT2D eigenvalue weighted by molar-refractivity contribution is 5.83. The summed E-state index contributed by atoms with van der Waals surface area (Å²) >= 11 is 0. The van der Waals surface area contributed by atoms with E-state index >= 15 is 0 Å². The number of fused-ring (bicyclic) bond motifs is 4. The van der Waals surface area contributed by atoms with Crippen LogP contribution in [0.1, 0.15) is 24.6 Å². The Morgan fingerprint density at radius 1 is 1.29 bits per heavy atom. The Kier molecular flexibility index (Phi) is 2.79. The molecule has 5 nitrogen and oxygen atoms in total. The number of rotatable bonds is 1. The number of likely N-dealkylation sites (N-methyl/N-ethyl adjacent to an activating group) is 1. The molecule has 0 spiro atoms. The fourth-order valence-corrected chi connectivity index (χ4v) is 3.89. The second-order valence-electron chi connectivity index (χ2n) is 6.02. The van der Waals surface area contributed by atoms with Crippen molar-refractivity contribution in [3.8, 4) is 5.75 Å². The maximum atomic E-state index is 12.8. The van der Waals surface area contributed by atoms with Gasteiger partial charge in [-0.15, -0.1) is 0 Å². The molecule has 1 fully saturated rings. The Balaban J connectivity index is 1.99. The molecule has 0 aliphatic carbocycles. The largest absolute Gasteiger partial charge is 0.494 e. The Hall–Kier alpha value is -1.88. The summed E-state index contributed by atoms with van der Waals surface area (Å²) in [5.74, 6) is 1.99. The number of para-hydroxylation sites is 1. The molecule has 0 amide bonds. The van der Waals surface area contributed by atoms with Gasteiger partial charge in [0.15, 0.2) is 0 Å². The summed E-state index contributed by atoms with van der Waals surface area (Å²) < 4.78 is 7.26. The Morgan fingerprint density at radius 3 is 2.95 bits per heavy atom. The molecule has 0 radical (unpaired) electrons. The van der Waals surface area contributed by atoms with Crippen molar-refractivity contribution >= 4 is 10.9 Å². The minimum absolute atomic E-state index is 0.0712. The first-order chi connectivity index (χ1) is 10.2. The van der Waals surface area contributed by atoms with E-state index in [0.717, 1.165) is 31.8 Å². The van der Waals surface area contributed by atoms with Crippen LogP contribution in [0.4, 0.5) is 0 Å². The van der Waals surface area contributed by atoms with E-state index in [1.54, 1.807) is 7.11 Å². The molecule has 21 heavy (non-hydrogen) atoms. The smallest absolute Gasteiger partial charge is 0.261 e. The van der Waals surface area contributed by atoms with E-state index in [1.807, 2.05) is 22.8 Å². The Morgan fingerprint density at radius 2 is 2.14 bits per heavy atom. The van der Waals surface area contributed by atoms with Gasteiger partial charge in [-0.25, -0.2) is 4.98 Å². The van der Waals surface area contributed by atoms with Crippen LogP contribution in [0.3, 0.4) is 0 Å². The molecule has 3 heterocycles. The number of aromatic nitrogens is 2. The SMILES string of the molecule is COc1cccc2c(=O)n3c(nc12)[C@@H]1CCN(C)[C@@H]1CC3. The molecule has 0 bridgehead atoms. The summed E-state index contributed by atoms with van der Waals surface area (Å²) in [5.41, 5.74) is 0.772. The maximum absolute atomic E-state index is 12.8. The molecule has 2 aliphatic heterocycles. The van der Waals surface area contributed by atoms with Crippen molar-refractivity contribution < 1.29 is 4.74 Å². The van der Waals surface area contributed by atoms with Gasteiger partial charge in [-0.1, -0.05) is 6.07 Å². The Bertz CT molecular complexity index is 768. The maximum Gasteiger partial charge on any atom is 0.261 e. The van der Waals surface area contributed by atoms with E-state index in [0.29, 0.717) is 28.6 Å². The number of likely N-dealkylation sites (tertiary alicyclic amines) is 1. The highest BCUT2D eigenvalue weighted by atomic mass is 16.5. The van der Waals surface area contributed by atoms with Crippen LogP contribution in [0, 0.1) is 0 Å². The van der Waals surface area contributed by atoms with Gasteiger partial charge in [0.2, 0.25) is 0 Å². The third-order valence-corrected chi connectivity index (χ3v) is 5.00. The summed E-state index contributed by atoms with van der Waals surface area (Å²) in [4.78, 5) is 20.0. The molecular formula is C16H19N3O2. The molecule has 1 aromatic heterocycles. The van der Waals surface area contributed by atoms with Gasteiger partial charge in [0.1, 0.15) is 17.1 Å². The van der Waals surface area contributed by atoms with Crippen LogP contribution in [0.15, 0.2) is 23.0 Å². The molecule has 0 saturated carbocycles. The molecular weight excluding hydrogens is 266 g/mol. The van der Waals surface area contributed by atoms with E-state index in [2.05, 4.69) is 11.9 Å². The molecule has 0 N–H and O–H groups in total. The summed E-state index contributed by atoms with van der Waals surface area (Å²) in [6.45, 7) is 1.84. The standard InChI is InChI=1S/C16H19N3O2/c1-18-8-6-10-12(18)7-9-19-15(10)17-14-11(16(19)20)4-3-5-13(14)21-2/h3-5,10,12H,6-9H2,1-2H3/t10-,12-/m1/s1. The molecule has 1 aromatic carbocycles. The predicted molar refractivity (Wildman–Crippen MR) is 80.9 cm³/mol. The number of methoxy groups -OCH3 is 1. The van der Waals surface area contributed by atoms with Gasteiger partial charge in [0, 0.05) is 18.5 Å². The lowest BCUT2D eigenvalue weighted by Crippen LogP contribution is -2.39. The van der Waals surface area contributed by atoms with Gasteiger partial charge in [-0.05, 0) is 38.6 Å². The molecule has 0 unspecified atom stereocenters. The van der Waals surface area contributed by atoms with E-state index in [9.17, 15) is 4.79 Å². The van der Waals surface area contributed by atoms with Crippen molar-refractivity contribution in [2.45, 2.75) is 31.3 Å². The van der Waals surface area contributed by atoms with Crippen molar-refractivity contribution in [2.75, 3.05) is 20.7 Å². The summed E-state index contributed by atoms with van der Waals surface area (Å²) in [7, 11) is 3.79. The van der Waals surface area contributed by atoms with Crippen LogP contribution < -0.4 is 10.3 Å². The van der Waals surface area contributed by atoms with Crippen LogP contribution in [0.2, 0.25) is 0 Å². The lowest BCUT2D eigenvalue weighted by molar-refractivity contribution is 0.245. The summed E-state index contributed by atoms with van der Waals surface area (Å²) in [6.07, 6.45) is 2.11. The minimum Gasteiger partial charge on any atom is -0.494 e. The first-order valence-electron chi connectivity index (χ1n) is 7.48. The number of benzene rings is 1. The fraction of sp³-hybridized carbons (Fsp3) is 0.500. The van der Waals surface area contributed by atoms with Crippen LogP contribution in [0.5, 0.6) is 5.75 Å². The monoisotopic (exact) mass is 285 g/mol. The van der Waals surface area contributed by atoms with Crippen molar-refractivity contribution in [3.05, 3.63) is 34.4 Å². The van der Waals surface area contributed by atoms with Crippen molar-refractivity contribution in [3.63, 3.8) is 0 Å². The van der Waals surface area contributed by atoms with E-state index < -0.39 is 0 Å².